The molecule has 11 heteroatoms. The molecule has 2 aliphatic rings. The van der Waals surface area contributed by atoms with Gasteiger partial charge in [0.2, 0.25) is 0 Å². The first-order valence-electron chi connectivity index (χ1n) is 18.2. The predicted octanol–water partition coefficient (Wildman–Crippen LogP) is 9.73. The van der Waals surface area contributed by atoms with E-state index >= 15 is 0 Å². The summed E-state index contributed by atoms with van der Waals surface area (Å²) in [5, 5.41) is 25.9. The van der Waals surface area contributed by atoms with Gasteiger partial charge in [-0.1, -0.05) is 67.1 Å². The molecule has 2 aliphatic heterocycles. The van der Waals surface area contributed by atoms with Gasteiger partial charge in [-0.2, -0.15) is 0 Å². The summed E-state index contributed by atoms with van der Waals surface area (Å²) in [5.74, 6) is 1.74. The zero-order valence-corrected chi connectivity index (χ0v) is 31.9. The van der Waals surface area contributed by atoms with Crippen LogP contribution < -0.4 is 29.6 Å². The lowest BCUT2D eigenvalue weighted by atomic mass is 9.81. The van der Waals surface area contributed by atoms with Gasteiger partial charge in [-0.05, 0) is 97.5 Å². The maximum Gasteiger partial charge on any atom is 0.326 e. The zero-order chi connectivity index (χ0) is 39.1. The van der Waals surface area contributed by atoms with E-state index in [9.17, 15) is 19.8 Å². The molecule has 7 rings (SSSR count). The van der Waals surface area contributed by atoms with Crippen molar-refractivity contribution in [2.24, 2.45) is 0 Å². The highest BCUT2D eigenvalue weighted by Crippen LogP contribution is 2.46. The number of hydrogen-bond acceptors (Lipinski definition) is 8. The Morgan fingerprint density at radius 3 is 2.09 bits per heavy atom. The van der Waals surface area contributed by atoms with Crippen LogP contribution in [0.15, 0.2) is 103 Å². The molecule has 0 fully saturated rings. The highest BCUT2D eigenvalue weighted by molar-refractivity contribution is 6.33. The molecule has 0 aromatic heterocycles. The Bertz CT molecular complexity index is 2130. The second-order valence-corrected chi connectivity index (χ2v) is 13.9. The van der Waals surface area contributed by atoms with Crippen molar-refractivity contribution in [3.05, 3.63) is 136 Å². The van der Waals surface area contributed by atoms with E-state index < -0.39 is 24.0 Å². The van der Waals surface area contributed by atoms with Crippen molar-refractivity contribution < 1.29 is 38.7 Å². The average Bonchev–Trinajstić information content (AvgIpc) is 3.20. The summed E-state index contributed by atoms with van der Waals surface area (Å²) in [6.07, 6.45) is 1.83. The molecule has 2 heterocycles. The molecule has 0 bridgehead atoms. The van der Waals surface area contributed by atoms with E-state index in [4.69, 9.17) is 30.5 Å². The quantitative estimate of drug-likeness (QED) is 0.103. The number of anilines is 2. The van der Waals surface area contributed by atoms with E-state index in [-0.39, 0.29) is 11.8 Å². The molecule has 0 spiro atoms. The van der Waals surface area contributed by atoms with Crippen LogP contribution in [0.1, 0.15) is 65.8 Å². The van der Waals surface area contributed by atoms with Gasteiger partial charge >= 0.3 is 11.9 Å². The van der Waals surface area contributed by atoms with Gasteiger partial charge in [0, 0.05) is 28.7 Å². The lowest BCUT2D eigenvalue weighted by Gasteiger charge is -2.33. The Labute approximate surface area is 326 Å². The normalized spacial score (nSPS) is 18.1. The van der Waals surface area contributed by atoms with Crippen molar-refractivity contribution in [3.63, 3.8) is 0 Å². The molecule has 10 nitrogen and oxygen atoms in total. The van der Waals surface area contributed by atoms with E-state index in [0.717, 1.165) is 57.2 Å². The fourth-order valence-electron chi connectivity index (χ4n) is 7.25. The molecule has 0 saturated carbocycles. The summed E-state index contributed by atoms with van der Waals surface area (Å²) >= 11 is 6.27. The number of carboxylic acids is 2. The Hall–Kier alpha value is -5.87. The van der Waals surface area contributed by atoms with Gasteiger partial charge in [-0.25, -0.2) is 9.59 Å². The van der Waals surface area contributed by atoms with Crippen LogP contribution in [0.4, 0.5) is 11.4 Å². The third kappa shape index (κ3) is 8.76. The SMILES string of the molecule is CCCOc1ccc(C2CC(C(=O)O)Nc3c(Cl)cccc32)cc1.COc1ccc(C2CC(C(=O)O)Nc3ccc(Oc4ccccc4)cc32)c(OC)c1C. The van der Waals surface area contributed by atoms with Crippen LogP contribution in [0.5, 0.6) is 28.7 Å². The number of carboxylic acid groups (broad SMARTS) is 2. The Kier molecular flexibility index (Phi) is 12.4. The molecular formula is C44H45ClN2O8. The smallest absolute Gasteiger partial charge is 0.326 e. The number of carbonyl (C=O) groups is 2. The molecule has 0 amide bonds. The summed E-state index contributed by atoms with van der Waals surface area (Å²) in [7, 11) is 3.24. The molecule has 4 N–H and O–H groups in total. The van der Waals surface area contributed by atoms with Crippen molar-refractivity contribution in [2.75, 3.05) is 31.5 Å². The number of methoxy groups -OCH3 is 2. The van der Waals surface area contributed by atoms with Gasteiger partial charge < -0.3 is 39.8 Å². The molecule has 0 radical (unpaired) electrons. The van der Waals surface area contributed by atoms with Crippen molar-refractivity contribution in [1.82, 2.24) is 0 Å². The summed E-state index contributed by atoms with van der Waals surface area (Å²) < 4.78 is 22.8. The minimum Gasteiger partial charge on any atom is -0.496 e. The molecule has 4 unspecified atom stereocenters. The van der Waals surface area contributed by atoms with Crippen molar-refractivity contribution in [2.45, 2.75) is 57.0 Å². The number of hydrogen-bond donors (Lipinski definition) is 4. The van der Waals surface area contributed by atoms with Crippen LogP contribution >= 0.6 is 11.6 Å². The molecule has 5 aromatic rings. The average molecular weight is 765 g/mol. The first kappa shape index (κ1) is 38.8. The van der Waals surface area contributed by atoms with Gasteiger partial charge in [0.05, 0.1) is 31.5 Å². The highest BCUT2D eigenvalue weighted by atomic mass is 35.5. The maximum atomic E-state index is 11.8. The third-order valence-electron chi connectivity index (χ3n) is 9.93. The molecule has 5 aromatic carbocycles. The number of ether oxygens (including phenoxy) is 4. The number of para-hydroxylation sites is 2. The number of fused-ring (bicyclic) bond motifs is 2. The van der Waals surface area contributed by atoms with Crippen molar-refractivity contribution >= 4 is 34.9 Å². The predicted molar refractivity (Wildman–Crippen MR) is 214 cm³/mol. The van der Waals surface area contributed by atoms with E-state index in [1.807, 2.05) is 104 Å². The summed E-state index contributed by atoms with van der Waals surface area (Å²) in [5.41, 5.74) is 6.36. The molecule has 0 aliphatic carbocycles. The van der Waals surface area contributed by atoms with Crippen LogP contribution in [0.2, 0.25) is 5.02 Å². The fourth-order valence-corrected chi connectivity index (χ4v) is 7.49. The first-order valence-corrected chi connectivity index (χ1v) is 18.6. The monoisotopic (exact) mass is 764 g/mol. The highest BCUT2D eigenvalue weighted by Gasteiger charge is 2.35. The van der Waals surface area contributed by atoms with Gasteiger partial charge in [-0.15, -0.1) is 0 Å². The first-order chi connectivity index (χ1) is 26.6. The minimum absolute atomic E-state index is 0.0127. The number of nitrogens with one attached hydrogen (secondary N) is 2. The molecular weight excluding hydrogens is 720 g/mol. The summed E-state index contributed by atoms with van der Waals surface area (Å²) in [6.45, 7) is 4.69. The van der Waals surface area contributed by atoms with Crippen LogP contribution in [-0.2, 0) is 9.59 Å². The van der Waals surface area contributed by atoms with Gasteiger partial charge in [0.15, 0.2) is 0 Å². The zero-order valence-electron chi connectivity index (χ0n) is 31.2. The van der Waals surface area contributed by atoms with Crippen molar-refractivity contribution in [3.8, 4) is 28.7 Å². The topological polar surface area (TPSA) is 136 Å². The van der Waals surface area contributed by atoms with Gasteiger partial charge in [0.25, 0.3) is 0 Å². The van der Waals surface area contributed by atoms with Gasteiger partial charge in [-0.3, -0.25) is 0 Å². The molecule has 55 heavy (non-hydrogen) atoms. The maximum absolute atomic E-state index is 11.8. The van der Waals surface area contributed by atoms with E-state index in [1.54, 1.807) is 20.3 Å². The molecule has 286 valence electrons. The third-order valence-corrected chi connectivity index (χ3v) is 10.2. The number of benzene rings is 5. The van der Waals surface area contributed by atoms with Gasteiger partial charge in [0.1, 0.15) is 40.8 Å². The second kappa shape index (κ2) is 17.5. The Balaban J connectivity index is 0.000000193. The Morgan fingerprint density at radius 1 is 0.727 bits per heavy atom. The van der Waals surface area contributed by atoms with Crippen LogP contribution in [0.25, 0.3) is 0 Å². The van der Waals surface area contributed by atoms with E-state index in [1.165, 1.54) is 0 Å². The van der Waals surface area contributed by atoms with E-state index in [2.05, 4.69) is 17.6 Å². The largest absolute Gasteiger partial charge is 0.496 e. The van der Waals surface area contributed by atoms with Crippen LogP contribution in [0.3, 0.4) is 0 Å². The molecule has 4 atom stereocenters. The fraction of sp³-hybridized carbons (Fsp3) is 0.273. The standard InChI is InChI=1S/C25H25NO5.C19H20ClNO3/c1-15-23(29-2)12-10-18(24(15)30-3)19-14-22(25(27)28)26-21-11-9-17(13-20(19)21)31-16-7-5-4-6-8-16;1-2-10-24-13-8-6-12(7-9-13)15-11-17(19(22)23)21-18-14(15)4-3-5-16(18)20/h4-13,19,22,26H,14H2,1-3H3,(H,27,28);3-9,15,17,21H,2,10-11H2,1H3,(H,22,23). The van der Waals surface area contributed by atoms with Crippen molar-refractivity contribution in [1.29, 1.82) is 0 Å². The summed E-state index contributed by atoms with van der Waals surface area (Å²) in [4.78, 5) is 23.3. The number of halogens is 1. The summed E-state index contributed by atoms with van der Waals surface area (Å²) in [6, 6.07) is 31.3. The lowest BCUT2D eigenvalue weighted by molar-refractivity contribution is -0.139. The van der Waals surface area contributed by atoms with E-state index in [0.29, 0.717) is 41.7 Å². The molecule has 0 saturated heterocycles. The Morgan fingerprint density at radius 2 is 1.42 bits per heavy atom. The number of aliphatic carboxylic acids is 2. The number of rotatable bonds is 11. The van der Waals surface area contributed by atoms with Crippen LogP contribution in [0, 0.1) is 6.92 Å². The minimum atomic E-state index is -0.885. The second-order valence-electron chi connectivity index (χ2n) is 13.4. The van der Waals surface area contributed by atoms with Crippen LogP contribution in [-0.4, -0.2) is 55.1 Å². The lowest BCUT2D eigenvalue weighted by Crippen LogP contribution is -2.35.